The molecular formula is C35H43N5O5. The van der Waals surface area contributed by atoms with Gasteiger partial charge >= 0.3 is 6.03 Å². The smallest absolute Gasteiger partial charge is 0.319 e. The van der Waals surface area contributed by atoms with E-state index < -0.39 is 12.1 Å². The maximum Gasteiger partial charge on any atom is 0.319 e. The van der Waals surface area contributed by atoms with E-state index in [1.54, 1.807) is 60.7 Å². The molecule has 0 aromatic heterocycles. The molecule has 1 saturated heterocycles. The van der Waals surface area contributed by atoms with Crippen LogP contribution in [0.5, 0.6) is 11.5 Å². The number of phenols is 2. The van der Waals surface area contributed by atoms with E-state index in [0.717, 1.165) is 61.3 Å². The Kier molecular flexibility index (Phi) is 11.6. The van der Waals surface area contributed by atoms with Gasteiger partial charge in [-0.05, 0) is 92.8 Å². The first-order valence-electron chi connectivity index (χ1n) is 15.3. The van der Waals surface area contributed by atoms with Gasteiger partial charge in [-0.3, -0.25) is 14.5 Å². The Morgan fingerprint density at radius 1 is 0.889 bits per heavy atom. The van der Waals surface area contributed by atoms with Crippen molar-refractivity contribution < 1.29 is 24.6 Å². The van der Waals surface area contributed by atoms with E-state index in [-0.39, 0.29) is 35.8 Å². The van der Waals surface area contributed by atoms with E-state index in [4.69, 9.17) is 0 Å². The first kappa shape index (κ1) is 33.1. The average Bonchev–Trinajstić information content (AvgIpc) is 3.02. The summed E-state index contributed by atoms with van der Waals surface area (Å²) in [5, 5.41) is 31.0. The van der Waals surface area contributed by atoms with Gasteiger partial charge in [0.1, 0.15) is 17.5 Å². The van der Waals surface area contributed by atoms with Crippen molar-refractivity contribution in [3.05, 3.63) is 101 Å². The number of hydrogen-bond acceptors (Lipinski definition) is 6. The van der Waals surface area contributed by atoms with Gasteiger partial charge in [0.15, 0.2) is 0 Å². The number of anilines is 1. The molecule has 4 rings (SSSR count). The van der Waals surface area contributed by atoms with Crippen molar-refractivity contribution in [1.29, 1.82) is 0 Å². The lowest BCUT2D eigenvalue weighted by Crippen LogP contribution is -2.53. The van der Waals surface area contributed by atoms with Crippen LogP contribution in [-0.2, 0) is 17.8 Å². The monoisotopic (exact) mass is 613 g/mol. The second kappa shape index (κ2) is 15.8. The van der Waals surface area contributed by atoms with Gasteiger partial charge in [0.05, 0.1) is 0 Å². The lowest BCUT2D eigenvalue weighted by atomic mass is 10.0. The molecule has 45 heavy (non-hydrogen) atoms. The number of piperidine rings is 1. The number of benzene rings is 3. The molecule has 3 aromatic rings. The molecule has 1 aliphatic heterocycles. The summed E-state index contributed by atoms with van der Waals surface area (Å²) >= 11 is 0. The standard InChI is InChI=1S/C35H43N5O5/c1-4-23(2)24(3)36-33(43)27-10-12-28(13-11-27)38-35(45)39-32(21-25-8-14-30(41)15-9-25)34(44)37-29-16-18-40(19-17-29)22-26-6-5-7-31(42)20-26/h5-15,20,29,32,41-42H,4,16-19,21-22H2,1-3H3,(H,36,43)(H,37,44)(H2,38,39,45)/t32-/m0/s1. The van der Waals surface area contributed by atoms with Crippen LogP contribution in [0.1, 0.15) is 61.5 Å². The Bertz CT molecular complexity index is 1500. The molecular weight excluding hydrogens is 570 g/mol. The first-order chi connectivity index (χ1) is 21.6. The summed E-state index contributed by atoms with van der Waals surface area (Å²) in [5.41, 5.74) is 4.67. The zero-order valence-electron chi connectivity index (χ0n) is 26.1. The summed E-state index contributed by atoms with van der Waals surface area (Å²) in [5.74, 6) is -0.155. The molecule has 0 radical (unpaired) electrons. The highest BCUT2D eigenvalue weighted by molar-refractivity contribution is 5.97. The number of aromatic hydroxyl groups is 2. The van der Waals surface area contributed by atoms with Crippen LogP contribution in [-0.4, -0.2) is 58.1 Å². The van der Waals surface area contributed by atoms with E-state index in [9.17, 15) is 24.6 Å². The van der Waals surface area contributed by atoms with Gasteiger partial charge in [0, 0.05) is 49.0 Å². The Morgan fingerprint density at radius 3 is 2.22 bits per heavy atom. The Labute approximate surface area is 264 Å². The van der Waals surface area contributed by atoms with E-state index >= 15 is 0 Å². The number of nitrogens with one attached hydrogen (secondary N) is 4. The molecule has 10 heteroatoms. The van der Waals surface area contributed by atoms with Crippen molar-refractivity contribution in [2.45, 2.75) is 65.1 Å². The fourth-order valence-electron chi connectivity index (χ4n) is 5.17. The quantitative estimate of drug-likeness (QED) is 0.179. The van der Waals surface area contributed by atoms with Crippen LogP contribution in [0.25, 0.3) is 0 Å². The molecule has 0 spiro atoms. The van der Waals surface area contributed by atoms with E-state index in [0.29, 0.717) is 11.3 Å². The number of carbonyl (C=O) groups excluding carboxylic acids is 3. The summed E-state index contributed by atoms with van der Waals surface area (Å²) < 4.78 is 0. The fraction of sp³-hybridized carbons (Fsp3) is 0.343. The fourth-order valence-corrected chi connectivity index (χ4v) is 5.17. The maximum absolute atomic E-state index is 13.5. The van der Waals surface area contributed by atoms with Crippen LogP contribution in [0.15, 0.2) is 84.1 Å². The second-order valence-corrected chi connectivity index (χ2v) is 11.5. The highest BCUT2D eigenvalue weighted by Crippen LogP contribution is 2.18. The molecule has 3 aromatic carbocycles. The van der Waals surface area contributed by atoms with Crippen LogP contribution in [0, 0.1) is 0 Å². The van der Waals surface area contributed by atoms with Gasteiger partial charge in [0.2, 0.25) is 5.91 Å². The van der Waals surface area contributed by atoms with Crippen molar-refractivity contribution >= 4 is 23.5 Å². The van der Waals surface area contributed by atoms with Crippen LogP contribution >= 0.6 is 0 Å². The predicted octanol–water partition coefficient (Wildman–Crippen LogP) is 5.05. The number of urea groups is 1. The van der Waals surface area contributed by atoms with Crippen molar-refractivity contribution in [1.82, 2.24) is 20.9 Å². The van der Waals surface area contributed by atoms with Gasteiger partial charge < -0.3 is 31.5 Å². The number of allylic oxidation sites excluding steroid dienone is 2. The third-order valence-corrected chi connectivity index (χ3v) is 8.13. The number of amides is 4. The van der Waals surface area contributed by atoms with Crippen LogP contribution in [0.3, 0.4) is 0 Å². The Balaban J connectivity index is 1.34. The van der Waals surface area contributed by atoms with Gasteiger partial charge in [-0.1, -0.05) is 36.8 Å². The summed E-state index contributed by atoms with van der Waals surface area (Å²) in [6, 6.07) is 18.9. The average molecular weight is 614 g/mol. The molecule has 4 amide bonds. The molecule has 0 saturated carbocycles. The molecule has 1 fully saturated rings. The minimum atomic E-state index is -0.860. The Hall–Kier alpha value is -4.83. The number of likely N-dealkylation sites (tertiary alicyclic amines) is 1. The summed E-state index contributed by atoms with van der Waals surface area (Å²) in [6.07, 6.45) is 2.60. The topological polar surface area (TPSA) is 143 Å². The largest absolute Gasteiger partial charge is 0.508 e. The van der Waals surface area contributed by atoms with Crippen molar-refractivity contribution in [3.63, 3.8) is 0 Å². The van der Waals surface area contributed by atoms with Crippen molar-refractivity contribution in [2.24, 2.45) is 0 Å². The number of hydrogen-bond donors (Lipinski definition) is 6. The lowest BCUT2D eigenvalue weighted by molar-refractivity contribution is -0.123. The SMILES string of the molecule is CCC(C)=C(C)NC(=O)c1ccc(NC(=O)N[C@@H](Cc2ccc(O)cc2)C(=O)NC2CCN(Cc3cccc(O)c3)CC2)cc1. The van der Waals surface area contributed by atoms with Crippen LogP contribution < -0.4 is 21.3 Å². The normalized spacial score (nSPS) is 15.0. The summed E-state index contributed by atoms with van der Waals surface area (Å²) in [6.45, 7) is 8.17. The number of carbonyl (C=O) groups is 3. The molecule has 6 N–H and O–H groups in total. The molecule has 0 unspecified atom stereocenters. The van der Waals surface area contributed by atoms with Crippen LogP contribution in [0.2, 0.25) is 0 Å². The molecule has 0 aliphatic carbocycles. The zero-order valence-corrected chi connectivity index (χ0v) is 26.1. The molecule has 10 nitrogen and oxygen atoms in total. The third-order valence-electron chi connectivity index (χ3n) is 8.13. The summed E-state index contributed by atoms with van der Waals surface area (Å²) in [7, 11) is 0. The summed E-state index contributed by atoms with van der Waals surface area (Å²) in [4.78, 5) is 41.4. The highest BCUT2D eigenvalue weighted by atomic mass is 16.3. The molecule has 1 heterocycles. The van der Waals surface area contributed by atoms with E-state index in [1.807, 2.05) is 32.9 Å². The number of phenolic OH excluding ortho intramolecular Hbond substituents is 2. The van der Waals surface area contributed by atoms with Crippen LogP contribution in [0.4, 0.5) is 10.5 Å². The maximum atomic E-state index is 13.5. The Morgan fingerprint density at radius 2 is 1.58 bits per heavy atom. The first-order valence-corrected chi connectivity index (χ1v) is 15.3. The predicted molar refractivity (Wildman–Crippen MR) is 175 cm³/mol. The van der Waals surface area contributed by atoms with E-state index in [1.165, 1.54) is 0 Å². The van der Waals surface area contributed by atoms with Crippen molar-refractivity contribution in [3.8, 4) is 11.5 Å². The number of nitrogens with zero attached hydrogens (tertiary/aromatic N) is 1. The minimum absolute atomic E-state index is 0.0385. The minimum Gasteiger partial charge on any atom is -0.508 e. The zero-order chi connectivity index (χ0) is 32.3. The van der Waals surface area contributed by atoms with Gasteiger partial charge in [0.25, 0.3) is 5.91 Å². The van der Waals surface area contributed by atoms with E-state index in [2.05, 4.69) is 26.2 Å². The lowest BCUT2D eigenvalue weighted by Gasteiger charge is -2.33. The molecule has 1 atom stereocenters. The third kappa shape index (κ3) is 10.1. The molecule has 0 bridgehead atoms. The number of rotatable bonds is 11. The molecule has 238 valence electrons. The van der Waals surface area contributed by atoms with Crippen molar-refractivity contribution in [2.75, 3.05) is 18.4 Å². The molecule has 1 aliphatic rings. The second-order valence-electron chi connectivity index (χ2n) is 11.5. The van der Waals surface area contributed by atoms with Gasteiger partial charge in [-0.15, -0.1) is 0 Å². The van der Waals surface area contributed by atoms with Gasteiger partial charge in [-0.2, -0.15) is 0 Å². The van der Waals surface area contributed by atoms with Gasteiger partial charge in [-0.25, -0.2) is 4.79 Å². The highest BCUT2D eigenvalue weighted by Gasteiger charge is 2.26.